The number of hydrogen-bond donors (Lipinski definition) is 2. The van der Waals surface area contributed by atoms with Gasteiger partial charge in [-0.3, -0.25) is 14.7 Å². The molecule has 2 heterocycles. The molecule has 0 saturated carbocycles. The summed E-state index contributed by atoms with van der Waals surface area (Å²) in [5.41, 5.74) is 1.72. The van der Waals surface area contributed by atoms with Crippen molar-refractivity contribution >= 4 is 16.9 Å². The number of nitrogens with one attached hydrogen (secondary N) is 1. The highest BCUT2D eigenvalue weighted by atomic mass is 16.4. The zero-order valence-corrected chi connectivity index (χ0v) is 11.8. The Morgan fingerprint density at radius 1 is 1.29 bits per heavy atom. The van der Waals surface area contributed by atoms with Crippen molar-refractivity contribution in [2.75, 3.05) is 26.2 Å². The molecule has 110 valence electrons. The number of carboxylic acids is 1. The molecule has 5 heteroatoms. The van der Waals surface area contributed by atoms with Gasteiger partial charge in [-0.15, -0.1) is 0 Å². The minimum absolute atomic E-state index is 0.588. The van der Waals surface area contributed by atoms with Gasteiger partial charge >= 0.3 is 5.97 Å². The number of aliphatic carboxylic acids is 1. The SMILES string of the molecule is O=C(O)C(c1ccc2ncccc2c1)N1CCCNCC1. The van der Waals surface area contributed by atoms with Gasteiger partial charge < -0.3 is 10.4 Å². The molecule has 1 aliphatic heterocycles. The van der Waals surface area contributed by atoms with E-state index in [1.165, 1.54) is 0 Å². The third-order valence-corrected chi connectivity index (χ3v) is 3.92. The second-order valence-electron chi connectivity index (χ2n) is 5.34. The Bertz CT molecular complexity index is 636. The Balaban J connectivity index is 1.96. The summed E-state index contributed by atoms with van der Waals surface area (Å²) < 4.78 is 0. The van der Waals surface area contributed by atoms with Crippen molar-refractivity contribution in [2.45, 2.75) is 12.5 Å². The smallest absolute Gasteiger partial charge is 0.325 e. The number of pyridine rings is 1. The lowest BCUT2D eigenvalue weighted by atomic mass is 10.0. The van der Waals surface area contributed by atoms with Crippen molar-refractivity contribution in [1.82, 2.24) is 15.2 Å². The predicted molar refractivity (Wildman–Crippen MR) is 81.2 cm³/mol. The standard InChI is InChI=1S/C16H19N3O2/c20-16(21)15(19-9-2-6-17-8-10-19)13-4-5-14-12(11-13)3-1-7-18-14/h1,3-5,7,11,15,17H,2,6,8-10H2,(H,20,21). The summed E-state index contributed by atoms with van der Waals surface area (Å²) in [6.07, 6.45) is 2.72. The van der Waals surface area contributed by atoms with Crippen LogP contribution in [0.2, 0.25) is 0 Å². The van der Waals surface area contributed by atoms with Gasteiger partial charge in [0.25, 0.3) is 0 Å². The van der Waals surface area contributed by atoms with E-state index in [0.29, 0.717) is 0 Å². The molecule has 0 bridgehead atoms. The number of benzene rings is 1. The molecule has 1 aromatic heterocycles. The molecular formula is C16H19N3O2. The van der Waals surface area contributed by atoms with E-state index < -0.39 is 12.0 Å². The van der Waals surface area contributed by atoms with E-state index in [1.807, 2.05) is 35.2 Å². The van der Waals surface area contributed by atoms with Gasteiger partial charge in [0.05, 0.1) is 5.52 Å². The van der Waals surface area contributed by atoms with Gasteiger partial charge in [0.1, 0.15) is 6.04 Å². The first-order valence-corrected chi connectivity index (χ1v) is 7.28. The number of carbonyl (C=O) groups is 1. The zero-order valence-electron chi connectivity index (χ0n) is 11.8. The van der Waals surface area contributed by atoms with Gasteiger partial charge in [0, 0.05) is 31.2 Å². The third kappa shape index (κ3) is 3.04. The molecule has 1 aromatic carbocycles. The lowest BCUT2D eigenvalue weighted by molar-refractivity contribution is -0.143. The average Bonchev–Trinajstić information content (AvgIpc) is 2.76. The molecule has 0 spiro atoms. The second-order valence-corrected chi connectivity index (χ2v) is 5.34. The molecule has 3 rings (SSSR count). The Morgan fingerprint density at radius 2 is 2.19 bits per heavy atom. The second kappa shape index (κ2) is 6.20. The van der Waals surface area contributed by atoms with Crippen LogP contribution in [-0.4, -0.2) is 47.1 Å². The molecule has 5 nitrogen and oxygen atoms in total. The molecule has 21 heavy (non-hydrogen) atoms. The van der Waals surface area contributed by atoms with Crippen LogP contribution in [0.3, 0.4) is 0 Å². The van der Waals surface area contributed by atoms with Gasteiger partial charge in [0.15, 0.2) is 0 Å². The zero-order chi connectivity index (χ0) is 14.7. The van der Waals surface area contributed by atoms with Crippen LogP contribution in [0.4, 0.5) is 0 Å². The third-order valence-electron chi connectivity index (χ3n) is 3.92. The van der Waals surface area contributed by atoms with Crippen LogP contribution in [0.15, 0.2) is 36.5 Å². The molecule has 1 saturated heterocycles. The average molecular weight is 285 g/mol. The highest BCUT2D eigenvalue weighted by Crippen LogP contribution is 2.25. The van der Waals surface area contributed by atoms with Gasteiger partial charge in [-0.1, -0.05) is 12.1 Å². The fraction of sp³-hybridized carbons (Fsp3) is 0.375. The summed E-state index contributed by atoms with van der Waals surface area (Å²) in [4.78, 5) is 18.1. The first-order chi connectivity index (χ1) is 10.3. The maximum atomic E-state index is 11.8. The van der Waals surface area contributed by atoms with Crippen LogP contribution in [0.1, 0.15) is 18.0 Å². The Labute approximate surface area is 123 Å². The van der Waals surface area contributed by atoms with Gasteiger partial charge in [-0.05, 0) is 36.7 Å². The normalized spacial score (nSPS) is 18.3. The van der Waals surface area contributed by atoms with Crippen molar-refractivity contribution < 1.29 is 9.90 Å². The van der Waals surface area contributed by atoms with E-state index >= 15 is 0 Å². The first kappa shape index (κ1) is 14.0. The van der Waals surface area contributed by atoms with Crippen molar-refractivity contribution in [2.24, 2.45) is 0 Å². The van der Waals surface area contributed by atoms with E-state index in [4.69, 9.17) is 0 Å². The fourth-order valence-corrected chi connectivity index (χ4v) is 2.90. The number of hydrogen-bond acceptors (Lipinski definition) is 4. The monoisotopic (exact) mass is 285 g/mol. The largest absolute Gasteiger partial charge is 0.480 e. The van der Waals surface area contributed by atoms with Crippen LogP contribution < -0.4 is 5.32 Å². The van der Waals surface area contributed by atoms with E-state index in [-0.39, 0.29) is 0 Å². The minimum atomic E-state index is -0.792. The van der Waals surface area contributed by atoms with Crippen LogP contribution in [-0.2, 0) is 4.79 Å². The van der Waals surface area contributed by atoms with Crippen LogP contribution in [0, 0.1) is 0 Å². The summed E-state index contributed by atoms with van der Waals surface area (Å²) >= 11 is 0. The molecular weight excluding hydrogens is 266 g/mol. The van der Waals surface area contributed by atoms with Crippen molar-refractivity contribution in [1.29, 1.82) is 0 Å². The molecule has 0 radical (unpaired) electrons. The summed E-state index contributed by atoms with van der Waals surface area (Å²) in [6.45, 7) is 3.33. The Hall–Kier alpha value is -1.98. The number of nitrogens with zero attached hydrogens (tertiary/aromatic N) is 2. The lowest BCUT2D eigenvalue weighted by Crippen LogP contribution is -2.36. The lowest BCUT2D eigenvalue weighted by Gasteiger charge is -2.27. The van der Waals surface area contributed by atoms with Crippen molar-refractivity contribution in [3.8, 4) is 0 Å². The highest BCUT2D eigenvalue weighted by Gasteiger charge is 2.27. The van der Waals surface area contributed by atoms with Gasteiger partial charge in [-0.2, -0.15) is 0 Å². The number of rotatable bonds is 3. The van der Waals surface area contributed by atoms with Crippen molar-refractivity contribution in [3.63, 3.8) is 0 Å². The van der Waals surface area contributed by atoms with Crippen LogP contribution in [0.25, 0.3) is 10.9 Å². The first-order valence-electron chi connectivity index (χ1n) is 7.28. The quantitative estimate of drug-likeness (QED) is 0.898. The van der Waals surface area contributed by atoms with E-state index in [9.17, 15) is 9.90 Å². The molecule has 0 amide bonds. The number of fused-ring (bicyclic) bond motifs is 1. The molecule has 0 aliphatic carbocycles. The van der Waals surface area contributed by atoms with E-state index in [0.717, 1.165) is 49.1 Å². The van der Waals surface area contributed by atoms with Crippen molar-refractivity contribution in [3.05, 3.63) is 42.1 Å². The fourth-order valence-electron chi connectivity index (χ4n) is 2.90. The van der Waals surface area contributed by atoms with Crippen LogP contribution >= 0.6 is 0 Å². The minimum Gasteiger partial charge on any atom is -0.480 e. The summed E-state index contributed by atoms with van der Waals surface area (Å²) in [6, 6.07) is 8.98. The number of aromatic nitrogens is 1. The number of carboxylic acid groups (broad SMARTS) is 1. The molecule has 1 fully saturated rings. The topological polar surface area (TPSA) is 65.5 Å². The Morgan fingerprint density at radius 3 is 3.05 bits per heavy atom. The maximum Gasteiger partial charge on any atom is 0.325 e. The summed E-state index contributed by atoms with van der Waals surface area (Å²) in [7, 11) is 0. The highest BCUT2D eigenvalue weighted by molar-refractivity contribution is 5.82. The molecule has 2 N–H and O–H groups in total. The predicted octanol–water partition coefficient (Wildman–Crippen LogP) is 1.66. The summed E-state index contributed by atoms with van der Waals surface area (Å²) in [5.74, 6) is -0.792. The molecule has 2 aromatic rings. The van der Waals surface area contributed by atoms with E-state index in [2.05, 4.69) is 10.3 Å². The molecule has 1 atom stereocenters. The summed E-state index contributed by atoms with van der Waals surface area (Å²) in [5, 5.41) is 14.0. The Kier molecular flexibility index (Phi) is 4.13. The van der Waals surface area contributed by atoms with E-state index in [1.54, 1.807) is 6.20 Å². The van der Waals surface area contributed by atoms with Crippen LogP contribution in [0.5, 0.6) is 0 Å². The maximum absolute atomic E-state index is 11.8. The molecule has 1 unspecified atom stereocenters. The van der Waals surface area contributed by atoms with Gasteiger partial charge in [-0.25, -0.2) is 0 Å². The molecule has 1 aliphatic rings. The van der Waals surface area contributed by atoms with Gasteiger partial charge in [0.2, 0.25) is 0 Å².